The highest BCUT2D eigenvalue weighted by Gasteiger charge is 2.23. The van der Waals surface area contributed by atoms with Gasteiger partial charge in [0.25, 0.3) is 0 Å². The molecule has 1 aliphatic heterocycles. The summed E-state index contributed by atoms with van der Waals surface area (Å²) < 4.78 is 0. The Morgan fingerprint density at radius 3 is 2.67 bits per heavy atom. The van der Waals surface area contributed by atoms with Gasteiger partial charge in [-0.25, -0.2) is 0 Å². The molecule has 1 aromatic carbocycles. The molecule has 0 spiro atoms. The fourth-order valence-corrected chi connectivity index (χ4v) is 2.47. The van der Waals surface area contributed by atoms with Gasteiger partial charge in [0.05, 0.1) is 11.4 Å². The lowest BCUT2D eigenvalue weighted by Gasteiger charge is -2.40. The summed E-state index contributed by atoms with van der Waals surface area (Å²) in [6.45, 7) is 5.15. The highest BCUT2D eigenvalue weighted by atomic mass is 16.1. The van der Waals surface area contributed by atoms with Crippen LogP contribution in [0.1, 0.15) is 17.3 Å². The van der Waals surface area contributed by atoms with E-state index in [0.29, 0.717) is 17.3 Å². The van der Waals surface area contributed by atoms with Crippen LogP contribution < -0.4 is 16.4 Å². The van der Waals surface area contributed by atoms with Crippen molar-refractivity contribution >= 4 is 17.3 Å². The van der Waals surface area contributed by atoms with E-state index < -0.39 is 5.91 Å². The van der Waals surface area contributed by atoms with E-state index in [4.69, 9.17) is 11.5 Å². The summed E-state index contributed by atoms with van der Waals surface area (Å²) in [5.74, 6) is -0.445. The van der Waals surface area contributed by atoms with Crippen molar-refractivity contribution in [1.82, 2.24) is 4.90 Å². The molecule has 1 aromatic rings. The molecule has 1 fully saturated rings. The number of hydrogen-bond donors (Lipinski definition) is 2. The molecule has 0 bridgehead atoms. The first-order valence-corrected chi connectivity index (χ1v) is 6.13. The largest absolute Gasteiger partial charge is 0.397 e. The second-order valence-electron chi connectivity index (χ2n) is 4.94. The van der Waals surface area contributed by atoms with E-state index in [1.165, 1.54) is 0 Å². The summed E-state index contributed by atoms with van der Waals surface area (Å²) in [5.41, 5.74) is 13.3. The van der Waals surface area contributed by atoms with Crippen molar-refractivity contribution in [2.75, 3.05) is 37.3 Å². The van der Waals surface area contributed by atoms with Crippen LogP contribution >= 0.6 is 0 Å². The van der Waals surface area contributed by atoms with Crippen LogP contribution in [0.15, 0.2) is 18.2 Å². The molecule has 18 heavy (non-hydrogen) atoms. The number of nitrogen functional groups attached to an aromatic ring is 1. The lowest BCUT2D eigenvalue weighted by molar-refractivity contribution is 0.100. The molecule has 1 unspecified atom stereocenters. The zero-order valence-electron chi connectivity index (χ0n) is 10.9. The predicted molar refractivity (Wildman–Crippen MR) is 73.7 cm³/mol. The molecule has 1 saturated heterocycles. The first kappa shape index (κ1) is 12.7. The lowest BCUT2D eigenvalue weighted by atomic mass is 10.1. The number of rotatable bonds is 2. The molecule has 2 rings (SSSR count). The number of carbonyl (C=O) groups is 1. The average Bonchev–Trinajstić information content (AvgIpc) is 2.30. The van der Waals surface area contributed by atoms with Gasteiger partial charge in [0.1, 0.15) is 0 Å². The van der Waals surface area contributed by atoms with Crippen molar-refractivity contribution in [3.63, 3.8) is 0 Å². The summed E-state index contributed by atoms with van der Waals surface area (Å²) in [4.78, 5) is 15.7. The molecule has 0 aliphatic carbocycles. The van der Waals surface area contributed by atoms with Gasteiger partial charge in [0, 0.05) is 31.2 Å². The highest BCUT2D eigenvalue weighted by Crippen LogP contribution is 2.27. The fraction of sp³-hybridized carbons (Fsp3) is 0.462. The normalized spacial score (nSPS) is 21.0. The predicted octanol–water partition coefficient (Wildman–Crippen LogP) is 0.508. The molecular weight excluding hydrogens is 228 g/mol. The second kappa shape index (κ2) is 4.86. The lowest BCUT2D eigenvalue weighted by Crippen LogP contribution is -2.50. The summed E-state index contributed by atoms with van der Waals surface area (Å²) in [7, 11) is 2.12. The third-order valence-electron chi connectivity index (χ3n) is 3.45. The van der Waals surface area contributed by atoms with Crippen molar-refractivity contribution in [2.24, 2.45) is 5.73 Å². The van der Waals surface area contributed by atoms with Gasteiger partial charge in [0.15, 0.2) is 0 Å². The maximum Gasteiger partial charge on any atom is 0.248 e. The molecule has 0 saturated carbocycles. The van der Waals surface area contributed by atoms with Crippen LogP contribution in [-0.2, 0) is 0 Å². The summed E-state index contributed by atoms with van der Waals surface area (Å²) in [6, 6.07) is 5.68. The Kier molecular flexibility index (Phi) is 3.43. The number of nitrogens with two attached hydrogens (primary N) is 2. The SMILES string of the molecule is CC1CN(C)CCN1c1ccc(C(N)=O)cc1N. The Hall–Kier alpha value is -1.75. The molecule has 5 nitrogen and oxygen atoms in total. The number of piperazine rings is 1. The minimum atomic E-state index is -0.445. The minimum Gasteiger partial charge on any atom is -0.397 e. The second-order valence-corrected chi connectivity index (χ2v) is 4.94. The maximum atomic E-state index is 11.1. The Morgan fingerprint density at radius 2 is 2.11 bits per heavy atom. The van der Waals surface area contributed by atoms with Gasteiger partial charge in [-0.15, -0.1) is 0 Å². The number of carbonyl (C=O) groups excluding carboxylic acids is 1. The third-order valence-corrected chi connectivity index (χ3v) is 3.45. The molecule has 4 N–H and O–H groups in total. The third kappa shape index (κ3) is 2.41. The smallest absolute Gasteiger partial charge is 0.248 e. The van der Waals surface area contributed by atoms with E-state index in [1.54, 1.807) is 12.1 Å². The van der Waals surface area contributed by atoms with E-state index in [-0.39, 0.29) is 0 Å². The Bertz CT molecular complexity index is 460. The molecule has 0 radical (unpaired) electrons. The van der Waals surface area contributed by atoms with Gasteiger partial charge in [-0.1, -0.05) is 0 Å². The zero-order chi connectivity index (χ0) is 13.3. The van der Waals surface area contributed by atoms with Crippen LogP contribution in [-0.4, -0.2) is 43.5 Å². The summed E-state index contributed by atoms with van der Waals surface area (Å²) in [5, 5.41) is 0. The number of likely N-dealkylation sites (N-methyl/N-ethyl adjacent to an activating group) is 1. The number of primary amides is 1. The number of anilines is 2. The fourth-order valence-electron chi connectivity index (χ4n) is 2.47. The van der Waals surface area contributed by atoms with Crippen molar-refractivity contribution in [2.45, 2.75) is 13.0 Å². The first-order valence-electron chi connectivity index (χ1n) is 6.13. The number of benzene rings is 1. The molecule has 1 amide bonds. The van der Waals surface area contributed by atoms with E-state index >= 15 is 0 Å². The molecule has 1 heterocycles. The van der Waals surface area contributed by atoms with E-state index in [2.05, 4.69) is 23.8 Å². The topological polar surface area (TPSA) is 75.6 Å². The van der Waals surface area contributed by atoms with Crippen molar-refractivity contribution in [3.8, 4) is 0 Å². The molecule has 1 aliphatic rings. The van der Waals surface area contributed by atoms with Crippen LogP contribution in [0.2, 0.25) is 0 Å². The maximum absolute atomic E-state index is 11.1. The van der Waals surface area contributed by atoms with Gasteiger partial charge in [-0.3, -0.25) is 4.79 Å². The monoisotopic (exact) mass is 248 g/mol. The van der Waals surface area contributed by atoms with E-state index in [0.717, 1.165) is 25.3 Å². The molecule has 1 atom stereocenters. The van der Waals surface area contributed by atoms with Crippen LogP contribution in [0.4, 0.5) is 11.4 Å². The van der Waals surface area contributed by atoms with Crippen molar-refractivity contribution < 1.29 is 4.79 Å². The molecule has 98 valence electrons. The minimum absolute atomic E-state index is 0.408. The molecule has 5 heteroatoms. The van der Waals surface area contributed by atoms with E-state index in [1.807, 2.05) is 6.07 Å². The number of amides is 1. The van der Waals surface area contributed by atoms with Gasteiger partial charge in [-0.2, -0.15) is 0 Å². The Morgan fingerprint density at radius 1 is 1.39 bits per heavy atom. The Labute approximate surface area is 107 Å². The average molecular weight is 248 g/mol. The van der Waals surface area contributed by atoms with Gasteiger partial charge < -0.3 is 21.3 Å². The summed E-state index contributed by atoms with van der Waals surface area (Å²) in [6.07, 6.45) is 0. The first-order chi connectivity index (χ1) is 8.49. The van der Waals surface area contributed by atoms with Crippen LogP contribution in [0.5, 0.6) is 0 Å². The van der Waals surface area contributed by atoms with Crippen molar-refractivity contribution in [3.05, 3.63) is 23.8 Å². The molecular formula is C13H20N4O. The van der Waals surface area contributed by atoms with Crippen LogP contribution in [0, 0.1) is 0 Å². The van der Waals surface area contributed by atoms with Crippen LogP contribution in [0.3, 0.4) is 0 Å². The van der Waals surface area contributed by atoms with Gasteiger partial charge in [0.2, 0.25) is 5.91 Å². The summed E-state index contributed by atoms with van der Waals surface area (Å²) >= 11 is 0. The quantitative estimate of drug-likeness (QED) is 0.748. The van der Waals surface area contributed by atoms with Crippen LogP contribution in [0.25, 0.3) is 0 Å². The Balaban J connectivity index is 2.26. The number of hydrogen-bond acceptors (Lipinski definition) is 4. The standard InChI is InChI=1S/C13H20N4O/c1-9-8-16(2)5-6-17(9)12-4-3-10(13(15)18)7-11(12)14/h3-4,7,9H,5-6,8,14H2,1-2H3,(H2,15,18). The van der Waals surface area contributed by atoms with E-state index in [9.17, 15) is 4.79 Å². The van der Waals surface area contributed by atoms with Crippen molar-refractivity contribution in [1.29, 1.82) is 0 Å². The zero-order valence-corrected chi connectivity index (χ0v) is 10.9. The number of nitrogens with zero attached hydrogens (tertiary/aromatic N) is 2. The molecule has 0 aromatic heterocycles. The van der Waals surface area contributed by atoms with Gasteiger partial charge in [-0.05, 0) is 32.2 Å². The van der Waals surface area contributed by atoms with Gasteiger partial charge >= 0.3 is 0 Å². The highest BCUT2D eigenvalue weighted by molar-refractivity contribution is 5.94.